The molecule has 2 rings (SSSR count). The number of hydrogen-bond acceptors (Lipinski definition) is 5. The molecule has 0 aliphatic heterocycles. The molecule has 7 heteroatoms. The van der Waals surface area contributed by atoms with Crippen molar-refractivity contribution in [3.05, 3.63) is 30.0 Å². The lowest BCUT2D eigenvalue weighted by molar-refractivity contribution is 0.0691. The van der Waals surface area contributed by atoms with Gasteiger partial charge in [0, 0.05) is 11.3 Å². The molecule has 0 unspecified atom stereocenters. The minimum atomic E-state index is -1.07. The summed E-state index contributed by atoms with van der Waals surface area (Å²) in [4.78, 5) is 11.3. The van der Waals surface area contributed by atoms with Gasteiger partial charge in [0.25, 0.3) is 0 Å². The summed E-state index contributed by atoms with van der Waals surface area (Å²) in [5, 5.41) is 17.0. The number of aromatic carboxylic acids is 1. The van der Waals surface area contributed by atoms with E-state index < -0.39 is 5.97 Å². The second kappa shape index (κ2) is 7.12. The van der Waals surface area contributed by atoms with Gasteiger partial charge in [0.15, 0.2) is 5.69 Å². The van der Waals surface area contributed by atoms with Gasteiger partial charge in [0.1, 0.15) is 11.4 Å². The second-order valence-corrected chi connectivity index (χ2v) is 5.25. The maximum Gasteiger partial charge on any atom is 0.358 e. The van der Waals surface area contributed by atoms with Crippen molar-refractivity contribution >= 4 is 17.7 Å². The zero-order valence-corrected chi connectivity index (χ0v) is 12.8. The first-order chi connectivity index (χ1) is 10.2. The summed E-state index contributed by atoms with van der Waals surface area (Å²) in [6, 6.07) is 7.28. The summed E-state index contributed by atoms with van der Waals surface area (Å²) in [7, 11) is 0. The number of aromatic nitrogens is 3. The monoisotopic (exact) mass is 307 g/mol. The Balaban J connectivity index is 2.39. The highest BCUT2D eigenvalue weighted by Crippen LogP contribution is 2.25. The Hall–Kier alpha value is -2.02. The van der Waals surface area contributed by atoms with E-state index in [0.717, 1.165) is 17.1 Å². The fourth-order valence-electron chi connectivity index (χ4n) is 1.95. The van der Waals surface area contributed by atoms with Crippen LogP contribution in [0.1, 0.15) is 17.4 Å². The van der Waals surface area contributed by atoms with Gasteiger partial charge in [0.05, 0.1) is 13.2 Å². The van der Waals surface area contributed by atoms with E-state index in [9.17, 15) is 9.90 Å². The average Bonchev–Trinajstić information content (AvgIpc) is 2.90. The molecule has 112 valence electrons. The third-order valence-electron chi connectivity index (χ3n) is 2.88. The van der Waals surface area contributed by atoms with Crippen LogP contribution in [0.2, 0.25) is 0 Å². The molecule has 0 bridgehead atoms. The van der Waals surface area contributed by atoms with E-state index in [1.807, 2.05) is 37.4 Å². The molecule has 2 aromatic rings. The van der Waals surface area contributed by atoms with Crippen LogP contribution in [0.5, 0.6) is 5.75 Å². The number of carboxylic acid groups (broad SMARTS) is 1. The van der Waals surface area contributed by atoms with Crippen molar-refractivity contribution in [3.8, 4) is 17.0 Å². The Morgan fingerprint density at radius 1 is 1.38 bits per heavy atom. The lowest BCUT2D eigenvalue weighted by Gasteiger charge is -2.08. The first-order valence-electron chi connectivity index (χ1n) is 6.56. The molecule has 0 aliphatic rings. The van der Waals surface area contributed by atoms with Crippen molar-refractivity contribution in [1.29, 1.82) is 0 Å². The molecule has 0 amide bonds. The first kappa shape index (κ1) is 15.4. The molecule has 0 saturated carbocycles. The number of aryl methyl sites for hydroxylation is 1. The molecule has 0 spiro atoms. The minimum Gasteiger partial charge on any atom is -0.494 e. The molecule has 21 heavy (non-hydrogen) atoms. The quantitative estimate of drug-likeness (QED) is 0.846. The van der Waals surface area contributed by atoms with E-state index in [4.69, 9.17) is 4.74 Å². The Kier molecular flexibility index (Phi) is 5.21. The maximum absolute atomic E-state index is 11.3. The predicted molar refractivity (Wildman–Crippen MR) is 82.0 cm³/mol. The van der Waals surface area contributed by atoms with Crippen molar-refractivity contribution < 1.29 is 14.6 Å². The van der Waals surface area contributed by atoms with Crippen molar-refractivity contribution in [2.24, 2.45) is 0 Å². The zero-order chi connectivity index (χ0) is 15.2. The van der Waals surface area contributed by atoms with E-state index in [-0.39, 0.29) is 5.69 Å². The van der Waals surface area contributed by atoms with Crippen LogP contribution in [0, 0.1) is 0 Å². The van der Waals surface area contributed by atoms with Gasteiger partial charge in [0.2, 0.25) is 0 Å². The highest BCUT2D eigenvalue weighted by Gasteiger charge is 2.20. The van der Waals surface area contributed by atoms with Crippen LogP contribution in [0.25, 0.3) is 11.3 Å². The highest BCUT2D eigenvalue weighted by atomic mass is 32.2. The molecule has 0 atom stereocenters. The maximum atomic E-state index is 11.3. The Morgan fingerprint density at radius 3 is 2.67 bits per heavy atom. The van der Waals surface area contributed by atoms with Crippen LogP contribution in [0.15, 0.2) is 24.3 Å². The highest BCUT2D eigenvalue weighted by molar-refractivity contribution is 7.98. The van der Waals surface area contributed by atoms with Crippen LogP contribution in [-0.4, -0.2) is 44.7 Å². The molecular weight excluding hydrogens is 290 g/mol. The molecule has 1 aromatic carbocycles. The van der Waals surface area contributed by atoms with Crippen LogP contribution in [0.3, 0.4) is 0 Å². The number of nitrogens with zero attached hydrogens (tertiary/aromatic N) is 3. The summed E-state index contributed by atoms with van der Waals surface area (Å²) in [6.45, 7) is 3.12. The fraction of sp³-hybridized carbons (Fsp3) is 0.357. The minimum absolute atomic E-state index is 0.0275. The number of benzene rings is 1. The van der Waals surface area contributed by atoms with Crippen molar-refractivity contribution in [2.75, 3.05) is 18.6 Å². The number of carbonyl (C=O) groups is 1. The van der Waals surface area contributed by atoms with Gasteiger partial charge in [-0.05, 0) is 37.4 Å². The Labute approximate surface area is 127 Å². The molecule has 1 aromatic heterocycles. The van der Waals surface area contributed by atoms with Crippen LogP contribution >= 0.6 is 11.8 Å². The number of rotatable bonds is 7. The van der Waals surface area contributed by atoms with E-state index in [2.05, 4.69) is 10.3 Å². The van der Waals surface area contributed by atoms with Gasteiger partial charge >= 0.3 is 5.97 Å². The second-order valence-electron chi connectivity index (χ2n) is 4.27. The summed E-state index contributed by atoms with van der Waals surface area (Å²) in [6.07, 6.45) is 1.99. The van der Waals surface area contributed by atoms with Gasteiger partial charge in [-0.3, -0.25) is 0 Å². The van der Waals surface area contributed by atoms with Crippen molar-refractivity contribution in [1.82, 2.24) is 15.0 Å². The smallest absolute Gasteiger partial charge is 0.358 e. The number of thioether (sulfide) groups is 1. The average molecular weight is 307 g/mol. The van der Waals surface area contributed by atoms with Gasteiger partial charge in [-0.2, -0.15) is 11.8 Å². The van der Waals surface area contributed by atoms with Crippen LogP contribution in [-0.2, 0) is 6.54 Å². The van der Waals surface area contributed by atoms with E-state index in [1.54, 1.807) is 16.4 Å². The zero-order valence-electron chi connectivity index (χ0n) is 11.9. The van der Waals surface area contributed by atoms with Gasteiger partial charge in [-0.1, -0.05) is 5.21 Å². The van der Waals surface area contributed by atoms with Crippen LogP contribution < -0.4 is 4.74 Å². The first-order valence-corrected chi connectivity index (χ1v) is 7.95. The van der Waals surface area contributed by atoms with E-state index >= 15 is 0 Å². The van der Waals surface area contributed by atoms with E-state index in [0.29, 0.717) is 18.8 Å². The standard InChI is InChI=1S/C14H17N3O3S/c1-3-20-11-6-4-10(5-7-11)13-12(14(18)19)15-16-17(13)8-9-21-2/h4-7H,3,8-9H2,1-2H3,(H,18,19). The third kappa shape index (κ3) is 3.55. The van der Waals surface area contributed by atoms with Gasteiger partial charge < -0.3 is 9.84 Å². The molecule has 0 fully saturated rings. The van der Waals surface area contributed by atoms with Gasteiger partial charge in [-0.15, -0.1) is 5.10 Å². The normalized spacial score (nSPS) is 10.6. The number of carboxylic acids is 1. The summed E-state index contributed by atoms with van der Waals surface area (Å²) in [5.74, 6) is 0.516. The van der Waals surface area contributed by atoms with Crippen molar-refractivity contribution in [3.63, 3.8) is 0 Å². The molecule has 0 radical (unpaired) electrons. The fourth-order valence-corrected chi connectivity index (χ4v) is 2.31. The van der Waals surface area contributed by atoms with Crippen molar-refractivity contribution in [2.45, 2.75) is 13.5 Å². The SMILES string of the molecule is CCOc1ccc(-c2c(C(=O)O)nnn2CCSC)cc1. The lowest BCUT2D eigenvalue weighted by Crippen LogP contribution is -2.06. The topological polar surface area (TPSA) is 77.2 Å². The van der Waals surface area contributed by atoms with E-state index in [1.165, 1.54) is 0 Å². The molecule has 6 nitrogen and oxygen atoms in total. The Morgan fingerprint density at radius 2 is 2.10 bits per heavy atom. The van der Waals surface area contributed by atoms with Gasteiger partial charge in [-0.25, -0.2) is 9.48 Å². The number of hydrogen-bond donors (Lipinski definition) is 1. The largest absolute Gasteiger partial charge is 0.494 e. The molecule has 1 heterocycles. The molecular formula is C14H17N3O3S. The molecule has 0 aliphatic carbocycles. The summed E-state index contributed by atoms with van der Waals surface area (Å²) < 4.78 is 7.03. The van der Waals surface area contributed by atoms with Crippen LogP contribution in [0.4, 0.5) is 0 Å². The third-order valence-corrected chi connectivity index (χ3v) is 3.47. The lowest BCUT2D eigenvalue weighted by atomic mass is 10.1. The Bertz CT molecular complexity index is 610. The number of ether oxygens (including phenoxy) is 1. The molecule has 0 saturated heterocycles. The predicted octanol–water partition coefficient (Wildman–Crippen LogP) is 2.41. The summed E-state index contributed by atoms with van der Waals surface area (Å²) in [5.41, 5.74) is 1.27. The summed E-state index contributed by atoms with van der Waals surface area (Å²) >= 11 is 1.67. The molecule has 1 N–H and O–H groups in total.